The molecule has 0 amide bonds. The molecule has 0 aromatic carbocycles. The molecule has 1 heterocycles. The van der Waals surface area contributed by atoms with Crippen LogP contribution in [0, 0.1) is 39.9 Å². The molecule has 9 atom stereocenters. The van der Waals surface area contributed by atoms with Crippen molar-refractivity contribution in [2.45, 2.75) is 130 Å². The third kappa shape index (κ3) is 3.81. The first-order chi connectivity index (χ1) is 15.6. The largest absolute Gasteiger partial charge is 0.481 e. The second-order valence-corrected chi connectivity index (χ2v) is 14.2. The van der Waals surface area contributed by atoms with Crippen molar-refractivity contribution in [1.29, 1.82) is 0 Å². The molecule has 3 saturated carbocycles. The number of hydrogen-bond donors (Lipinski definition) is 2. The first-order valence-corrected chi connectivity index (χ1v) is 13.9. The van der Waals surface area contributed by atoms with E-state index in [-0.39, 0.29) is 34.4 Å². The molecule has 4 aliphatic rings. The fourth-order valence-electron chi connectivity index (χ4n) is 10.0. The van der Waals surface area contributed by atoms with E-state index in [2.05, 4.69) is 41.2 Å². The summed E-state index contributed by atoms with van der Waals surface area (Å²) in [4.78, 5) is 11.6. The molecule has 0 unspecified atom stereocenters. The summed E-state index contributed by atoms with van der Waals surface area (Å²) in [7, 11) is 0. The highest BCUT2D eigenvalue weighted by atomic mass is 16.5. The van der Waals surface area contributed by atoms with E-state index in [1.807, 2.05) is 13.8 Å². The number of carboxylic acid groups (broad SMARTS) is 1. The standard InChI is InChI=1S/C30H50O4/c1-19(2)20-11-17-29(7)23(27(20,5)15-14-25(31)32)10-9-21-22(12-16-28(21,29)6)30(8)18-13-24(34-30)26(3,4)33/h20-24,33H,1,9-18H2,2-8H3,(H,31,32)/t20-,21+,22-,23+,24-,27-,28+,29+,30-/m1/s1. The Hall–Kier alpha value is -0.870. The Labute approximate surface area is 207 Å². The van der Waals surface area contributed by atoms with Gasteiger partial charge in [0.15, 0.2) is 0 Å². The van der Waals surface area contributed by atoms with Crippen molar-refractivity contribution < 1.29 is 19.7 Å². The molecule has 194 valence electrons. The van der Waals surface area contributed by atoms with Crippen molar-refractivity contribution in [3.8, 4) is 0 Å². The van der Waals surface area contributed by atoms with Gasteiger partial charge in [0.05, 0.1) is 17.3 Å². The maximum absolute atomic E-state index is 11.6. The zero-order chi connectivity index (χ0) is 25.3. The van der Waals surface area contributed by atoms with E-state index in [0.717, 1.165) is 25.7 Å². The van der Waals surface area contributed by atoms with Crippen LogP contribution < -0.4 is 0 Å². The molecule has 4 rings (SSSR count). The first kappa shape index (κ1) is 26.2. The summed E-state index contributed by atoms with van der Waals surface area (Å²) in [6, 6.07) is 0. The maximum atomic E-state index is 11.6. The van der Waals surface area contributed by atoms with E-state index in [1.54, 1.807) is 0 Å². The third-order valence-electron chi connectivity index (χ3n) is 12.0. The van der Waals surface area contributed by atoms with Gasteiger partial charge >= 0.3 is 5.97 Å². The lowest BCUT2D eigenvalue weighted by Gasteiger charge is -2.66. The summed E-state index contributed by atoms with van der Waals surface area (Å²) >= 11 is 0. The van der Waals surface area contributed by atoms with E-state index in [4.69, 9.17) is 4.74 Å². The Balaban J connectivity index is 1.64. The molecule has 1 aliphatic heterocycles. The van der Waals surface area contributed by atoms with Gasteiger partial charge in [-0.1, -0.05) is 32.9 Å². The number of hydrogen-bond acceptors (Lipinski definition) is 3. The van der Waals surface area contributed by atoms with Gasteiger partial charge in [0.2, 0.25) is 0 Å². The zero-order valence-electron chi connectivity index (χ0n) is 22.9. The van der Waals surface area contributed by atoms with Crippen molar-refractivity contribution in [3.63, 3.8) is 0 Å². The molecule has 0 aromatic rings. The Morgan fingerprint density at radius 3 is 2.18 bits per heavy atom. The van der Waals surface area contributed by atoms with Gasteiger partial charge < -0.3 is 14.9 Å². The molecule has 3 aliphatic carbocycles. The second kappa shape index (κ2) is 8.33. The topological polar surface area (TPSA) is 66.8 Å². The van der Waals surface area contributed by atoms with Gasteiger partial charge in [0.25, 0.3) is 0 Å². The van der Waals surface area contributed by atoms with E-state index in [1.165, 1.54) is 37.7 Å². The van der Waals surface area contributed by atoms with Gasteiger partial charge in [-0.25, -0.2) is 0 Å². The predicted molar refractivity (Wildman–Crippen MR) is 136 cm³/mol. The van der Waals surface area contributed by atoms with Gasteiger partial charge in [-0.3, -0.25) is 4.79 Å². The number of carboxylic acids is 1. The molecule has 0 aromatic heterocycles. The van der Waals surface area contributed by atoms with Crippen molar-refractivity contribution in [3.05, 3.63) is 12.2 Å². The third-order valence-corrected chi connectivity index (χ3v) is 12.0. The van der Waals surface area contributed by atoms with Crippen LogP contribution in [0.25, 0.3) is 0 Å². The summed E-state index contributed by atoms with van der Waals surface area (Å²) in [5.41, 5.74) is 0.714. The molecule has 34 heavy (non-hydrogen) atoms. The van der Waals surface area contributed by atoms with E-state index in [0.29, 0.717) is 23.7 Å². The Kier molecular flexibility index (Phi) is 6.42. The zero-order valence-corrected chi connectivity index (χ0v) is 22.9. The number of carbonyl (C=O) groups is 1. The molecular weight excluding hydrogens is 424 g/mol. The monoisotopic (exact) mass is 474 g/mol. The molecular formula is C30H50O4. The Morgan fingerprint density at radius 1 is 0.971 bits per heavy atom. The lowest BCUT2D eigenvalue weighted by atomic mass is 9.38. The molecule has 1 saturated heterocycles. The van der Waals surface area contributed by atoms with Gasteiger partial charge in [-0.2, -0.15) is 0 Å². The highest BCUT2D eigenvalue weighted by molar-refractivity contribution is 5.66. The fraction of sp³-hybridized carbons (Fsp3) is 0.900. The van der Waals surface area contributed by atoms with Crippen LogP contribution >= 0.6 is 0 Å². The number of rotatable bonds is 6. The summed E-state index contributed by atoms with van der Waals surface area (Å²) in [5.74, 6) is 1.42. The molecule has 0 radical (unpaired) electrons. The minimum Gasteiger partial charge on any atom is -0.481 e. The molecule has 2 N–H and O–H groups in total. The van der Waals surface area contributed by atoms with Crippen LogP contribution in [0.3, 0.4) is 0 Å². The Bertz CT molecular complexity index is 828. The average Bonchev–Trinajstić information content (AvgIpc) is 3.29. The number of ether oxygens (including phenoxy) is 1. The molecule has 4 fully saturated rings. The minimum atomic E-state index is -0.795. The van der Waals surface area contributed by atoms with E-state index in [9.17, 15) is 15.0 Å². The van der Waals surface area contributed by atoms with Crippen LogP contribution in [0.5, 0.6) is 0 Å². The summed E-state index contributed by atoms with van der Waals surface area (Å²) in [6.45, 7) is 20.1. The summed E-state index contributed by atoms with van der Waals surface area (Å²) < 4.78 is 6.69. The van der Waals surface area contributed by atoms with Gasteiger partial charge in [0, 0.05) is 6.42 Å². The lowest BCUT2D eigenvalue weighted by molar-refractivity contribution is -0.187. The maximum Gasteiger partial charge on any atom is 0.303 e. The van der Waals surface area contributed by atoms with Crippen LogP contribution in [0.1, 0.15) is 113 Å². The lowest BCUT2D eigenvalue weighted by Crippen LogP contribution is -2.60. The molecule has 4 heteroatoms. The van der Waals surface area contributed by atoms with Crippen molar-refractivity contribution in [2.24, 2.45) is 39.9 Å². The molecule has 4 nitrogen and oxygen atoms in total. The van der Waals surface area contributed by atoms with Crippen LogP contribution in [-0.2, 0) is 9.53 Å². The van der Waals surface area contributed by atoms with E-state index >= 15 is 0 Å². The Morgan fingerprint density at radius 2 is 1.62 bits per heavy atom. The van der Waals surface area contributed by atoms with E-state index < -0.39 is 11.6 Å². The smallest absolute Gasteiger partial charge is 0.303 e. The number of aliphatic carboxylic acids is 1. The predicted octanol–water partition coefficient (Wildman–Crippen LogP) is 7.00. The number of fused-ring (bicyclic) bond motifs is 3. The van der Waals surface area contributed by atoms with Crippen LogP contribution in [-0.4, -0.2) is 33.5 Å². The summed E-state index contributed by atoms with van der Waals surface area (Å²) in [6.07, 6.45) is 10.0. The minimum absolute atomic E-state index is 0.0109. The van der Waals surface area contributed by atoms with Crippen LogP contribution in [0.15, 0.2) is 12.2 Å². The quantitative estimate of drug-likeness (QED) is 0.407. The summed E-state index contributed by atoms with van der Waals surface area (Å²) in [5, 5.41) is 20.2. The molecule has 0 spiro atoms. The molecule has 0 bridgehead atoms. The number of allylic oxidation sites excluding steroid dienone is 1. The highest BCUT2D eigenvalue weighted by Crippen LogP contribution is 2.74. The van der Waals surface area contributed by atoms with Gasteiger partial charge in [-0.15, -0.1) is 0 Å². The first-order valence-electron chi connectivity index (χ1n) is 13.9. The van der Waals surface area contributed by atoms with Crippen LogP contribution in [0.4, 0.5) is 0 Å². The normalized spacial score (nSPS) is 48.9. The second-order valence-electron chi connectivity index (χ2n) is 14.2. The fourth-order valence-corrected chi connectivity index (χ4v) is 10.0. The van der Waals surface area contributed by atoms with Gasteiger partial charge in [-0.05, 0) is 125 Å². The van der Waals surface area contributed by atoms with Crippen molar-refractivity contribution >= 4 is 5.97 Å². The number of aliphatic hydroxyl groups is 1. The SMILES string of the molecule is C=C(C)[C@H]1CC[C@@]2(C)[C@@H](CC[C@H]3[C@H]([C@@]4(C)CC[C@H](C(C)(C)O)O4)CC[C@@]32C)[C@]1(C)CCC(=O)O. The average molecular weight is 475 g/mol. The van der Waals surface area contributed by atoms with Gasteiger partial charge in [0.1, 0.15) is 0 Å². The highest BCUT2D eigenvalue weighted by Gasteiger charge is 2.68. The van der Waals surface area contributed by atoms with Crippen molar-refractivity contribution in [2.75, 3.05) is 0 Å². The van der Waals surface area contributed by atoms with Crippen molar-refractivity contribution in [1.82, 2.24) is 0 Å². The van der Waals surface area contributed by atoms with Crippen LogP contribution in [0.2, 0.25) is 0 Å².